The van der Waals surface area contributed by atoms with Crippen molar-refractivity contribution in [2.75, 3.05) is 30.1 Å². The molecule has 170 valence electrons. The summed E-state index contributed by atoms with van der Waals surface area (Å²) in [5.74, 6) is 7.50. The Bertz CT molecular complexity index is 1050. The highest BCUT2D eigenvalue weighted by Gasteiger charge is 2.14. The number of nitrogens with one attached hydrogen (secondary N) is 1. The van der Waals surface area contributed by atoms with Gasteiger partial charge in [0.15, 0.2) is 17.3 Å². The molecule has 0 bridgehead atoms. The predicted molar refractivity (Wildman–Crippen MR) is 119 cm³/mol. The zero-order valence-corrected chi connectivity index (χ0v) is 18.5. The predicted octanol–water partition coefficient (Wildman–Crippen LogP) is 3.24. The molecule has 2 aromatic carbocycles. The lowest BCUT2D eigenvalue weighted by Gasteiger charge is -2.13. The zero-order chi connectivity index (χ0) is 22.9. The van der Waals surface area contributed by atoms with Gasteiger partial charge in [-0.1, -0.05) is 11.8 Å². The number of ether oxygens (including phenoxy) is 3. The van der Waals surface area contributed by atoms with E-state index in [9.17, 15) is 9.18 Å². The SMILES string of the molecule is CCOc1ccc(NC(=O)CSc2nnc(COc3ccc(F)cc3)n2N)cc1OCC. The van der Waals surface area contributed by atoms with E-state index >= 15 is 0 Å². The normalized spacial score (nSPS) is 10.6. The van der Waals surface area contributed by atoms with E-state index in [1.165, 1.54) is 28.9 Å². The first kappa shape index (κ1) is 23.2. The summed E-state index contributed by atoms with van der Waals surface area (Å²) in [6, 6.07) is 10.8. The van der Waals surface area contributed by atoms with Crippen LogP contribution in [0.5, 0.6) is 17.2 Å². The van der Waals surface area contributed by atoms with Crippen molar-refractivity contribution in [2.24, 2.45) is 0 Å². The highest BCUT2D eigenvalue weighted by molar-refractivity contribution is 7.99. The van der Waals surface area contributed by atoms with E-state index in [1.54, 1.807) is 18.2 Å². The van der Waals surface area contributed by atoms with Gasteiger partial charge in [0, 0.05) is 11.8 Å². The highest BCUT2D eigenvalue weighted by atomic mass is 32.2. The number of anilines is 1. The molecular formula is C21H24FN5O4S. The number of benzene rings is 2. The number of amides is 1. The summed E-state index contributed by atoms with van der Waals surface area (Å²) in [4.78, 5) is 12.4. The van der Waals surface area contributed by atoms with Gasteiger partial charge >= 0.3 is 0 Å². The van der Waals surface area contributed by atoms with E-state index in [0.29, 0.717) is 47.1 Å². The molecule has 1 heterocycles. The van der Waals surface area contributed by atoms with E-state index in [1.807, 2.05) is 13.8 Å². The van der Waals surface area contributed by atoms with Crippen LogP contribution in [0.15, 0.2) is 47.6 Å². The van der Waals surface area contributed by atoms with E-state index in [0.717, 1.165) is 11.8 Å². The summed E-state index contributed by atoms with van der Waals surface area (Å²) in [5, 5.41) is 11.1. The number of thioether (sulfide) groups is 1. The molecule has 32 heavy (non-hydrogen) atoms. The molecule has 0 spiro atoms. The van der Waals surface area contributed by atoms with Gasteiger partial charge in [-0.3, -0.25) is 4.79 Å². The first-order chi connectivity index (χ1) is 15.5. The van der Waals surface area contributed by atoms with E-state index in [-0.39, 0.29) is 24.1 Å². The van der Waals surface area contributed by atoms with E-state index < -0.39 is 0 Å². The van der Waals surface area contributed by atoms with Gasteiger partial charge in [-0.05, 0) is 50.2 Å². The molecule has 3 rings (SSSR count). The number of nitrogens with zero attached hydrogens (tertiary/aromatic N) is 3. The van der Waals surface area contributed by atoms with Gasteiger partial charge in [-0.25, -0.2) is 9.07 Å². The molecule has 0 aliphatic heterocycles. The molecule has 0 fully saturated rings. The largest absolute Gasteiger partial charge is 0.490 e. The average Bonchev–Trinajstić information content (AvgIpc) is 3.13. The molecule has 9 nitrogen and oxygen atoms in total. The summed E-state index contributed by atoms with van der Waals surface area (Å²) in [5.41, 5.74) is 0.588. The summed E-state index contributed by atoms with van der Waals surface area (Å²) >= 11 is 1.14. The van der Waals surface area contributed by atoms with E-state index in [2.05, 4.69) is 15.5 Å². The maximum Gasteiger partial charge on any atom is 0.234 e. The van der Waals surface area contributed by atoms with Gasteiger partial charge in [0.2, 0.25) is 11.1 Å². The number of hydrogen-bond acceptors (Lipinski definition) is 8. The standard InChI is InChI=1S/C21H24FN5O4S/c1-3-29-17-10-7-15(11-18(17)30-4-2)24-20(28)13-32-21-26-25-19(27(21)23)12-31-16-8-5-14(22)6-9-16/h5-11H,3-4,12-13,23H2,1-2H3,(H,24,28). The van der Waals surface area contributed by atoms with Gasteiger partial charge in [0.25, 0.3) is 0 Å². The molecule has 0 saturated heterocycles. The number of carbonyl (C=O) groups excluding carboxylic acids is 1. The third-order valence-corrected chi connectivity index (χ3v) is 5.02. The maximum atomic E-state index is 13.0. The Morgan fingerprint density at radius 3 is 2.50 bits per heavy atom. The molecule has 3 aromatic rings. The first-order valence-corrected chi connectivity index (χ1v) is 10.9. The lowest BCUT2D eigenvalue weighted by molar-refractivity contribution is -0.113. The molecule has 0 aliphatic carbocycles. The molecule has 3 N–H and O–H groups in total. The third kappa shape index (κ3) is 6.27. The third-order valence-electron chi connectivity index (χ3n) is 4.08. The summed E-state index contributed by atoms with van der Waals surface area (Å²) in [7, 11) is 0. The van der Waals surface area contributed by atoms with Crippen molar-refractivity contribution in [2.45, 2.75) is 25.6 Å². The zero-order valence-electron chi connectivity index (χ0n) is 17.7. The fourth-order valence-electron chi connectivity index (χ4n) is 2.64. The van der Waals surface area contributed by atoms with Crippen LogP contribution in [0.25, 0.3) is 0 Å². The molecular weight excluding hydrogens is 437 g/mol. The van der Waals surface area contributed by atoms with Crippen LogP contribution in [0, 0.1) is 5.82 Å². The Balaban J connectivity index is 1.53. The quantitative estimate of drug-likeness (QED) is 0.331. The van der Waals surface area contributed by atoms with Gasteiger partial charge in [0.1, 0.15) is 18.2 Å². The van der Waals surface area contributed by atoms with Crippen LogP contribution in [0.4, 0.5) is 10.1 Å². The van der Waals surface area contributed by atoms with Crippen LogP contribution in [0.2, 0.25) is 0 Å². The fourth-order valence-corrected chi connectivity index (χ4v) is 3.31. The van der Waals surface area contributed by atoms with Crippen molar-refractivity contribution in [3.8, 4) is 17.2 Å². The van der Waals surface area contributed by atoms with Crippen LogP contribution >= 0.6 is 11.8 Å². The minimum absolute atomic E-state index is 0.0499. The maximum absolute atomic E-state index is 13.0. The summed E-state index contributed by atoms with van der Waals surface area (Å²) < 4.78 is 30.8. The number of hydrogen-bond donors (Lipinski definition) is 2. The van der Waals surface area contributed by atoms with Crippen molar-refractivity contribution < 1.29 is 23.4 Å². The van der Waals surface area contributed by atoms with Crippen molar-refractivity contribution in [3.05, 3.63) is 54.1 Å². The number of nitrogen functional groups attached to an aromatic ring is 1. The molecule has 1 amide bonds. The topological polar surface area (TPSA) is 114 Å². The Labute approximate surface area is 189 Å². The lowest BCUT2D eigenvalue weighted by atomic mass is 10.2. The Morgan fingerprint density at radius 2 is 1.78 bits per heavy atom. The molecule has 1 aromatic heterocycles. The molecule has 0 radical (unpaired) electrons. The van der Waals surface area contributed by atoms with Gasteiger partial charge in [-0.15, -0.1) is 10.2 Å². The lowest BCUT2D eigenvalue weighted by Crippen LogP contribution is -2.18. The van der Waals surface area contributed by atoms with Gasteiger partial charge in [0.05, 0.1) is 19.0 Å². The van der Waals surface area contributed by atoms with Crippen molar-refractivity contribution in [1.82, 2.24) is 14.9 Å². The minimum Gasteiger partial charge on any atom is -0.490 e. The van der Waals surface area contributed by atoms with E-state index in [4.69, 9.17) is 20.1 Å². The molecule has 0 atom stereocenters. The second-order valence-corrected chi connectivity index (χ2v) is 7.32. The fraction of sp³-hybridized carbons (Fsp3) is 0.286. The monoisotopic (exact) mass is 461 g/mol. The Morgan fingerprint density at radius 1 is 1.06 bits per heavy atom. The number of carbonyl (C=O) groups is 1. The number of halogens is 1. The van der Waals surface area contributed by atoms with Crippen molar-refractivity contribution in [3.63, 3.8) is 0 Å². The summed E-state index contributed by atoms with van der Waals surface area (Å²) in [6.45, 7) is 4.80. The van der Waals surface area contributed by atoms with Crippen LogP contribution in [0.3, 0.4) is 0 Å². The Kier molecular flexibility index (Phi) is 8.14. The molecule has 0 unspecified atom stereocenters. The van der Waals surface area contributed by atoms with Crippen molar-refractivity contribution in [1.29, 1.82) is 0 Å². The van der Waals surface area contributed by atoms with Crippen LogP contribution < -0.4 is 25.4 Å². The highest BCUT2D eigenvalue weighted by Crippen LogP contribution is 2.30. The number of rotatable bonds is 11. The van der Waals surface area contributed by atoms with Crippen molar-refractivity contribution >= 4 is 23.4 Å². The van der Waals surface area contributed by atoms with Gasteiger partial charge < -0.3 is 25.4 Å². The molecule has 0 aliphatic rings. The second kappa shape index (κ2) is 11.2. The smallest absolute Gasteiger partial charge is 0.234 e. The van der Waals surface area contributed by atoms with Crippen LogP contribution in [-0.2, 0) is 11.4 Å². The van der Waals surface area contributed by atoms with Gasteiger partial charge in [-0.2, -0.15) is 0 Å². The molecule has 0 saturated carbocycles. The molecule has 11 heteroatoms. The average molecular weight is 462 g/mol. The van der Waals surface area contributed by atoms with Crippen LogP contribution in [-0.4, -0.2) is 39.7 Å². The Hall–Kier alpha value is -3.47. The summed E-state index contributed by atoms with van der Waals surface area (Å²) in [6.07, 6.45) is 0. The first-order valence-electron chi connectivity index (χ1n) is 9.90. The number of aromatic nitrogens is 3. The number of nitrogens with two attached hydrogens (primary N) is 1. The van der Waals surface area contributed by atoms with Crippen LogP contribution in [0.1, 0.15) is 19.7 Å². The second-order valence-electron chi connectivity index (χ2n) is 6.38. The minimum atomic E-state index is -0.351.